The normalized spacial score (nSPS) is 21.5. The fraction of sp³-hybridized carbons (Fsp3) is 0.562. The molecule has 2 aliphatic rings. The predicted molar refractivity (Wildman–Crippen MR) is 86.1 cm³/mol. The first-order valence-electron chi connectivity index (χ1n) is 7.89. The van der Waals surface area contributed by atoms with E-state index in [-0.39, 0.29) is 24.1 Å². The van der Waals surface area contributed by atoms with Crippen LogP contribution in [-0.2, 0) is 14.8 Å². The number of hydrogen-bond acceptors (Lipinski definition) is 3. The molecule has 1 amide bonds. The molecule has 3 rings (SSSR count). The zero-order valence-corrected chi connectivity index (χ0v) is 13.5. The molecule has 1 aromatic rings. The highest BCUT2D eigenvalue weighted by Gasteiger charge is 2.34. The molecule has 1 heterocycles. The van der Waals surface area contributed by atoms with Crippen molar-refractivity contribution in [1.82, 2.24) is 4.31 Å². The van der Waals surface area contributed by atoms with Crippen molar-refractivity contribution in [2.75, 3.05) is 30.3 Å². The number of amides is 1. The van der Waals surface area contributed by atoms with Crippen molar-refractivity contribution in [3.63, 3.8) is 0 Å². The smallest absolute Gasteiger partial charge is 0.242 e. The summed E-state index contributed by atoms with van der Waals surface area (Å²) in [4.78, 5) is 14.0. The Morgan fingerprint density at radius 2 is 1.73 bits per heavy atom. The van der Waals surface area contributed by atoms with Crippen LogP contribution < -0.4 is 4.90 Å². The van der Waals surface area contributed by atoms with Crippen LogP contribution in [0.1, 0.15) is 25.7 Å². The van der Waals surface area contributed by atoms with E-state index in [1.54, 1.807) is 4.90 Å². The van der Waals surface area contributed by atoms with Crippen LogP contribution in [0.5, 0.6) is 0 Å². The van der Waals surface area contributed by atoms with E-state index < -0.39 is 10.0 Å². The van der Waals surface area contributed by atoms with Crippen LogP contribution in [0.4, 0.5) is 5.69 Å². The Balaban J connectivity index is 1.65. The molecule has 22 heavy (non-hydrogen) atoms. The summed E-state index contributed by atoms with van der Waals surface area (Å²) in [6, 6.07) is 9.41. The number of para-hydroxylation sites is 1. The van der Waals surface area contributed by atoms with E-state index in [1.165, 1.54) is 4.31 Å². The van der Waals surface area contributed by atoms with Gasteiger partial charge in [0.2, 0.25) is 15.9 Å². The van der Waals surface area contributed by atoms with Gasteiger partial charge in [-0.15, -0.1) is 0 Å². The van der Waals surface area contributed by atoms with Gasteiger partial charge in [-0.3, -0.25) is 4.79 Å². The molecule has 2 fully saturated rings. The van der Waals surface area contributed by atoms with Crippen molar-refractivity contribution < 1.29 is 13.2 Å². The zero-order chi connectivity index (χ0) is 15.6. The Morgan fingerprint density at radius 3 is 2.36 bits per heavy atom. The second kappa shape index (κ2) is 6.38. The van der Waals surface area contributed by atoms with Crippen LogP contribution in [0, 0.1) is 5.92 Å². The van der Waals surface area contributed by atoms with Gasteiger partial charge in [0.25, 0.3) is 0 Å². The lowest BCUT2D eigenvalue weighted by Crippen LogP contribution is -2.53. The quantitative estimate of drug-likeness (QED) is 0.850. The standard InChI is InChI=1S/C16H22N2O3S/c19-16-12-17(22(20,21)13-14-6-4-5-7-14)10-11-18(16)15-8-2-1-3-9-15/h1-3,8-9,14H,4-7,10-13H2. The van der Waals surface area contributed by atoms with E-state index in [2.05, 4.69) is 0 Å². The second-order valence-electron chi connectivity index (χ2n) is 6.14. The number of carbonyl (C=O) groups excluding carboxylic acids is 1. The Labute approximate surface area is 132 Å². The highest BCUT2D eigenvalue weighted by Crippen LogP contribution is 2.27. The monoisotopic (exact) mass is 322 g/mol. The van der Waals surface area contributed by atoms with Crippen molar-refractivity contribution >= 4 is 21.6 Å². The SMILES string of the molecule is O=C1CN(S(=O)(=O)CC2CCCC2)CCN1c1ccccc1. The summed E-state index contributed by atoms with van der Waals surface area (Å²) in [6.07, 6.45) is 4.25. The fourth-order valence-electron chi connectivity index (χ4n) is 3.35. The average molecular weight is 322 g/mol. The summed E-state index contributed by atoms with van der Waals surface area (Å²) in [5, 5.41) is 0. The van der Waals surface area contributed by atoms with Crippen LogP contribution in [0.2, 0.25) is 0 Å². The Bertz CT molecular complexity index is 624. The maximum absolute atomic E-state index is 12.5. The van der Waals surface area contributed by atoms with E-state index in [0.717, 1.165) is 31.4 Å². The summed E-state index contributed by atoms with van der Waals surface area (Å²) in [6.45, 7) is 0.770. The Kier molecular flexibility index (Phi) is 4.49. The summed E-state index contributed by atoms with van der Waals surface area (Å²) < 4.78 is 26.3. The summed E-state index contributed by atoms with van der Waals surface area (Å²) in [7, 11) is -3.32. The topological polar surface area (TPSA) is 57.7 Å². The van der Waals surface area contributed by atoms with Crippen LogP contribution in [0.3, 0.4) is 0 Å². The molecule has 0 bridgehead atoms. The number of hydrogen-bond donors (Lipinski definition) is 0. The van der Waals surface area contributed by atoms with Gasteiger partial charge in [-0.25, -0.2) is 8.42 Å². The number of nitrogens with zero attached hydrogens (tertiary/aromatic N) is 2. The third kappa shape index (κ3) is 3.33. The molecule has 1 aliphatic carbocycles. The third-order valence-corrected chi connectivity index (χ3v) is 6.56. The van der Waals surface area contributed by atoms with Gasteiger partial charge in [-0.1, -0.05) is 31.0 Å². The number of piperazine rings is 1. The van der Waals surface area contributed by atoms with Crippen molar-refractivity contribution in [2.45, 2.75) is 25.7 Å². The summed E-state index contributed by atoms with van der Waals surface area (Å²) in [5.74, 6) is 0.325. The first-order chi connectivity index (χ1) is 10.6. The zero-order valence-electron chi connectivity index (χ0n) is 12.6. The molecule has 1 saturated heterocycles. The Hall–Kier alpha value is -1.40. The van der Waals surface area contributed by atoms with Crippen LogP contribution in [-0.4, -0.2) is 44.0 Å². The lowest BCUT2D eigenvalue weighted by atomic mass is 10.1. The van der Waals surface area contributed by atoms with E-state index in [9.17, 15) is 13.2 Å². The van der Waals surface area contributed by atoms with Crippen LogP contribution in [0.25, 0.3) is 0 Å². The molecule has 6 heteroatoms. The van der Waals surface area contributed by atoms with E-state index in [1.807, 2.05) is 30.3 Å². The largest absolute Gasteiger partial charge is 0.310 e. The molecule has 0 aromatic heterocycles. The number of sulfonamides is 1. The molecule has 0 N–H and O–H groups in total. The van der Waals surface area contributed by atoms with Gasteiger partial charge < -0.3 is 4.90 Å². The minimum Gasteiger partial charge on any atom is -0.310 e. The third-order valence-electron chi connectivity index (χ3n) is 4.57. The van der Waals surface area contributed by atoms with Crippen LogP contribution >= 0.6 is 0 Å². The van der Waals surface area contributed by atoms with Gasteiger partial charge >= 0.3 is 0 Å². The van der Waals surface area contributed by atoms with Gasteiger partial charge in [0.1, 0.15) is 0 Å². The molecule has 0 radical (unpaired) electrons. The van der Waals surface area contributed by atoms with E-state index in [0.29, 0.717) is 13.1 Å². The molecule has 1 aliphatic heterocycles. The Morgan fingerprint density at radius 1 is 1.05 bits per heavy atom. The van der Waals surface area contributed by atoms with Gasteiger partial charge in [-0.2, -0.15) is 4.31 Å². The van der Waals surface area contributed by atoms with Crippen LogP contribution in [0.15, 0.2) is 30.3 Å². The maximum atomic E-state index is 12.5. The van der Waals surface area contributed by atoms with Gasteiger partial charge in [0.05, 0.1) is 12.3 Å². The second-order valence-corrected chi connectivity index (χ2v) is 8.16. The average Bonchev–Trinajstić information content (AvgIpc) is 3.00. The number of rotatable bonds is 4. The maximum Gasteiger partial charge on any atom is 0.242 e. The summed E-state index contributed by atoms with van der Waals surface area (Å²) in [5.41, 5.74) is 0.834. The fourth-order valence-corrected chi connectivity index (χ4v) is 5.16. The molecule has 1 aromatic carbocycles. The minimum absolute atomic E-state index is 0.0378. The van der Waals surface area contributed by atoms with E-state index in [4.69, 9.17) is 0 Å². The number of anilines is 1. The molecule has 0 spiro atoms. The molecule has 0 atom stereocenters. The van der Waals surface area contributed by atoms with Gasteiger partial charge in [0, 0.05) is 18.8 Å². The van der Waals surface area contributed by atoms with Crippen molar-refractivity contribution in [3.8, 4) is 0 Å². The first kappa shape index (κ1) is 15.5. The van der Waals surface area contributed by atoms with Crippen molar-refractivity contribution in [3.05, 3.63) is 30.3 Å². The molecule has 1 saturated carbocycles. The minimum atomic E-state index is -3.32. The number of benzene rings is 1. The highest BCUT2D eigenvalue weighted by atomic mass is 32.2. The number of carbonyl (C=O) groups is 1. The van der Waals surface area contributed by atoms with Crippen molar-refractivity contribution in [1.29, 1.82) is 0 Å². The lowest BCUT2D eigenvalue weighted by Gasteiger charge is -2.34. The van der Waals surface area contributed by atoms with Crippen molar-refractivity contribution in [2.24, 2.45) is 5.92 Å². The predicted octanol–water partition coefficient (Wildman–Crippen LogP) is 1.86. The first-order valence-corrected chi connectivity index (χ1v) is 9.50. The summed E-state index contributed by atoms with van der Waals surface area (Å²) >= 11 is 0. The molecule has 0 unspecified atom stereocenters. The molecule has 120 valence electrons. The lowest BCUT2D eigenvalue weighted by molar-refractivity contribution is -0.119. The molecule has 5 nitrogen and oxygen atoms in total. The van der Waals surface area contributed by atoms with Gasteiger partial charge in [0.15, 0.2) is 0 Å². The van der Waals surface area contributed by atoms with E-state index >= 15 is 0 Å². The molecular weight excluding hydrogens is 300 g/mol. The van der Waals surface area contributed by atoms with Gasteiger partial charge in [-0.05, 0) is 30.9 Å². The highest BCUT2D eigenvalue weighted by molar-refractivity contribution is 7.89. The molecular formula is C16H22N2O3S.